The summed E-state index contributed by atoms with van der Waals surface area (Å²) >= 11 is 3.24. The monoisotopic (exact) mass is 301 g/mol. The zero-order valence-corrected chi connectivity index (χ0v) is 11.0. The zero-order valence-electron chi connectivity index (χ0n) is 9.37. The van der Waals surface area contributed by atoms with Crippen LogP contribution in [0.2, 0.25) is 0 Å². The standard InChI is InChI=1S/C12H13BrFNO2/c1-7-11(4-5-17-7)15-12(16)9-6-8(14)2-3-10(9)13/h2-3,6-7,11H,4-5H2,1H3,(H,15,16). The van der Waals surface area contributed by atoms with E-state index in [9.17, 15) is 9.18 Å². The Morgan fingerprint density at radius 2 is 2.35 bits per heavy atom. The molecule has 0 spiro atoms. The van der Waals surface area contributed by atoms with Gasteiger partial charge in [-0.2, -0.15) is 0 Å². The first kappa shape index (κ1) is 12.5. The number of rotatable bonds is 2. The lowest BCUT2D eigenvalue weighted by Crippen LogP contribution is -2.39. The molecule has 2 rings (SSSR count). The molecule has 2 unspecified atom stereocenters. The van der Waals surface area contributed by atoms with Gasteiger partial charge >= 0.3 is 0 Å². The average Bonchev–Trinajstić information content (AvgIpc) is 2.68. The van der Waals surface area contributed by atoms with Crippen LogP contribution in [0.25, 0.3) is 0 Å². The Labute approximate surface area is 107 Å². The van der Waals surface area contributed by atoms with E-state index in [4.69, 9.17) is 4.74 Å². The van der Waals surface area contributed by atoms with Crippen molar-refractivity contribution in [1.82, 2.24) is 5.32 Å². The maximum absolute atomic E-state index is 13.1. The topological polar surface area (TPSA) is 38.3 Å². The number of halogens is 2. The molecule has 1 aliphatic rings. The summed E-state index contributed by atoms with van der Waals surface area (Å²) in [6.07, 6.45) is 0.797. The first-order chi connectivity index (χ1) is 8.08. The van der Waals surface area contributed by atoms with Crippen LogP contribution >= 0.6 is 15.9 Å². The lowest BCUT2D eigenvalue weighted by Gasteiger charge is -2.16. The van der Waals surface area contributed by atoms with E-state index in [1.165, 1.54) is 18.2 Å². The maximum Gasteiger partial charge on any atom is 0.252 e. The normalized spacial score (nSPS) is 23.7. The lowest BCUT2D eigenvalue weighted by atomic mass is 10.1. The molecule has 17 heavy (non-hydrogen) atoms. The Morgan fingerprint density at radius 1 is 1.59 bits per heavy atom. The predicted molar refractivity (Wildman–Crippen MR) is 65.4 cm³/mol. The molecule has 0 bridgehead atoms. The zero-order chi connectivity index (χ0) is 12.4. The van der Waals surface area contributed by atoms with Crippen LogP contribution in [0.4, 0.5) is 4.39 Å². The summed E-state index contributed by atoms with van der Waals surface area (Å²) in [5, 5.41) is 2.85. The number of carbonyl (C=O) groups excluding carboxylic acids is 1. The third-order valence-corrected chi connectivity index (χ3v) is 3.56. The minimum absolute atomic E-state index is 0.00216. The lowest BCUT2D eigenvalue weighted by molar-refractivity contribution is 0.0865. The van der Waals surface area contributed by atoms with E-state index in [0.29, 0.717) is 16.6 Å². The molecule has 1 saturated heterocycles. The maximum atomic E-state index is 13.1. The smallest absolute Gasteiger partial charge is 0.252 e. The van der Waals surface area contributed by atoms with Crippen molar-refractivity contribution in [2.75, 3.05) is 6.61 Å². The number of ether oxygens (including phenoxy) is 1. The highest BCUT2D eigenvalue weighted by Crippen LogP contribution is 2.19. The summed E-state index contributed by atoms with van der Waals surface area (Å²) in [5.41, 5.74) is 0.309. The van der Waals surface area contributed by atoms with Crippen LogP contribution in [0.5, 0.6) is 0 Å². The molecule has 0 aromatic heterocycles. The quantitative estimate of drug-likeness (QED) is 0.911. The van der Waals surface area contributed by atoms with E-state index < -0.39 is 5.82 Å². The molecule has 1 aromatic rings. The Morgan fingerprint density at radius 3 is 3.00 bits per heavy atom. The molecule has 0 aliphatic carbocycles. The molecule has 1 heterocycles. The van der Waals surface area contributed by atoms with Crippen LogP contribution in [0.3, 0.4) is 0 Å². The van der Waals surface area contributed by atoms with Crippen molar-refractivity contribution in [2.24, 2.45) is 0 Å². The summed E-state index contributed by atoms with van der Waals surface area (Å²) in [6.45, 7) is 2.56. The Hall–Kier alpha value is -0.940. The number of amides is 1. The van der Waals surface area contributed by atoms with Crippen LogP contribution in [0.15, 0.2) is 22.7 Å². The van der Waals surface area contributed by atoms with Gasteiger partial charge in [0.25, 0.3) is 5.91 Å². The highest BCUT2D eigenvalue weighted by atomic mass is 79.9. The molecule has 1 amide bonds. The first-order valence-corrected chi connectivity index (χ1v) is 6.25. The van der Waals surface area contributed by atoms with Crippen molar-refractivity contribution in [3.63, 3.8) is 0 Å². The van der Waals surface area contributed by atoms with Crippen molar-refractivity contribution < 1.29 is 13.9 Å². The molecule has 0 radical (unpaired) electrons. The molecule has 5 heteroatoms. The minimum atomic E-state index is -0.422. The molecule has 1 aliphatic heterocycles. The van der Waals surface area contributed by atoms with Crippen molar-refractivity contribution in [1.29, 1.82) is 0 Å². The SMILES string of the molecule is CC1OCCC1NC(=O)c1cc(F)ccc1Br. The average molecular weight is 302 g/mol. The van der Waals surface area contributed by atoms with Gasteiger partial charge in [0.05, 0.1) is 17.7 Å². The summed E-state index contributed by atoms with van der Waals surface area (Å²) < 4.78 is 19.0. The second kappa shape index (κ2) is 5.14. The highest BCUT2D eigenvalue weighted by molar-refractivity contribution is 9.10. The van der Waals surface area contributed by atoms with Gasteiger partial charge in [0.2, 0.25) is 0 Å². The number of nitrogens with one attached hydrogen (secondary N) is 1. The minimum Gasteiger partial charge on any atom is -0.376 e. The number of benzene rings is 1. The van der Waals surface area contributed by atoms with E-state index in [1.54, 1.807) is 0 Å². The Kier molecular flexibility index (Phi) is 3.79. The molecule has 1 aromatic carbocycles. The molecule has 3 nitrogen and oxygen atoms in total. The number of hydrogen-bond acceptors (Lipinski definition) is 2. The fourth-order valence-electron chi connectivity index (χ4n) is 1.84. The van der Waals surface area contributed by atoms with Crippen LogP contribution in [-0.4, -0.2) is 24.7 Å². The molecule has 1 N–H and O–H groups in total. The largest absolute Gasteiger partial charge is 0.376 e. The van der Waals surface area contributed by atoms with Gasteiger partial charge in [-0.1, -0.05) is 0 Å². The second-order valence-electron chi connectivity index (χ2n) is 4.07. The van der Waals surface area contributed by atoms with Gasteiger partial charge in [0, 0.05) is 11.1 Å². The third kappa shape index (κ3) is 2.84. The Bertz CT molecular complexity index is 439. The van der Waals surface area contributed by atoms with Gasteiger partial charge in [-0.3, -0.25) is 4.79 Å². The molecule has 2 atom stereocenters. The Balaban J connectivity index is 2.11. The fourth-order valence-corrected chi connectivity index (χ4v) is 2.27. The predicted octanol–water partition coefficient (Wildman–Crippen LogP) is 2.50. The van der Waals surface area contributed by atoms with Crippen molar-refractivity contribution in [3.8, 4) is 0 Å². The van der Waals surface area contributed by atoms with E-state index in [2.05, 4.69) is 21.2 Å². The van der Waals surface area contributed by atoms with Crippen LogP contribution in [-0.2, 0) is 4.74 Å². The molecular weight excluding hydrogens is 289 g/mol. The van der Waals surface area contributed by atoms with Crippen molar-refractivity contribution >= 4 is 21.8 Å². The van der Waals surface area contributed by atoms with Crippen LogP contribution in [0, 0.1) is 5.82 Å². The third-order valence-electron chi connectivity index (χ3n) is 2.87. The van der Waals surface area contributed by atoms with Gasteiger partial charge in [-0.25, -0.2) is 4.39 Å². The second-order valence-corrected chi connectivity index (χ2v) is 4.92. The van der Waals surface area contributed by atoms with Gasteiger partial charge in [-0.05, 0) is 47.5 Å². The number of hydrogen-bond donors (Lipinski definition) is 1. The molecule has 0 saturated carbocycles. The van der Waals surface area contributed by atoms with Crippen LogP contribution < -0.4 is 5.32 Å². The summed E-state index contributed by atoms with van der Waals surface area (Å²) in [5.74, 6) is -0.701. The van der Waals surface area contributed by atoms with E-state index >= 15 is 0 Å². The van der Waals surface area contributed by atoms with Gasteiger partial charge in [0.15, 0.2) is 0 Å². The first-order valence-electron chi connectivity index (χ1n) is 5.45. The van der Waals surface area contributed by atoms with Gasteiger partial charge < -0.3 is 10.1 Å². The van der Waals surface area contributed by atoms with Crippen molar-refractivity contribution in [2.45, 2.75) is 25.5 Å². The summed E-state index contributed by atoms with van der Waals surface area (Å²) in [6, 6.07) is 4.05. The van der Waals surface area contributed by atoms with E-state index in [-0.39, 0.29) is 18.1 Å². The molecule has 1 fully saturated rings. The fraction of sp³-hybridized carbons (Fsp3) is 0.417. The van der Waals surface area contributed by atoms with E-state index in [0.717, 1.165) is 6.42 Å². The van der Waals surface area contributed by atoms with Crippen molar-refractivity contribution in [3.05, 3.63) is 34.1 Å². The molecular formula is C12H13BrFNO2. The summed E-state index contributed by atoms with van der Waals surface area (Å²) in [4.78, 5) is 12.0. The van der Waals surface area contributed by atoms with Gasteiger partial charge in [-0.15, -0.1) is 0 Å². The van der Waals surface area contributed by atoms with Gasteiger partial charge in [0.1, 0.15) is 5.82 Å². The highest BCUT2D eigenvalue weighted by Gasteiger charge is 2.26. The molecule has 92 valence electrons. The summed E-state index contributed by atoms with van der Waals surface area (Å²) in [7, 11) is 0. The van der Waals surface area contributed by atoms with Crippen LogP contribution in [0.1, 0.15) is 23.7 Å². The number of carbonyl (C=O) groups is 1. The van der Waals surface area contributed by atoms with E-state index in [1.807, 2.05) is 6.92 Å².